The van der Waals surface area contributed by atoms with Gasteiger partial charge < -0.3 is 15.3 Å². The van der Waals surface area contributed by atoms with Crippen molar-refractivity contribution >= 4 is 11.8 Å². The van der Waals surface area contributed by atoms with Crippen molar-refractivity contribution in [1.82, 2.24) is 10.2 Å². The molecule has 30 heavy (non-hydrogen) atoms. The van der Waals surface area contributed by atoms with Gasteiger partial charge >= 0.3 is 0 Å². The van der Waals surface area contributed by atoms with Crippen LogP contribution in [0.2, 0.25) is 0 Å². The van der Waals surface area contributed by atoms with E-state index in [0.717, 1.165) is 37.7 Å². The number of piperidine rings is 1. The number of benzene rings is 1. The molecule has 0 spiro atoms. The zero-order chi connectivity index (χ0) is 21.2. The van der Waals surface area contributed by atoms with Gasteiger partial charge in [-0.1, -0.05) is 48.4 Å². The SMILES string of the molecule is O=C(CCCC#CCN1C(=O)CCC[C@@H]1/C=C/C(O)Cc1ccccc1)NC1CC1. The number of likely N-dealkylation sites (tertiary alicyclic amines) is 1. The number of hydrogen-bond donors (Lipinski definition) is 2. The molecule has 3 rings (SSSR count). The molecule has 1 aliphatic carbocycles. The average Bonchev–Trinajstić information content (AvgIpc) is 3.55. The number of nitrogens with one attached hydrogen (secondary N) is 1. The zero-order valence-corrected chi connectivity index (χ0v) is 17.6. The Bertz CT molecular complexity index is 790. The first kappa shape index (κ1) is 22.1. The topological polar surface area (TPSA) is 69.6 Å². The quantitative estimate of drug-likeness (QED) is 0.375. The van der Waals surface area contributed by atoms with Gasteiger partial charge in [-0.05, 0) is 37.7 Å². The maximum atomic E-state index is 12.4. The molecule has 1 saturated carbocycles. The molecule has 1 unspecified atom stereocenters. The fourth-order valence-electron chi connectivity index (χ4n) is 3.63. The van der Waals surface area contributed by atoms with Gasteiger partial charge in [0.1, 0.15) is 0 Å². The van der Waals surface area contributed by atoms with E-state index in [0.29, 0.717) is 38.3 Å². The molecule has 2 aliphatic rings. The van der Waals surface area contributed by atoms with Crippen LogP contribution in [0, 0.1) is 11.8 Å². The molecular formula is C25H32N2O3. The van der Waals surface area contributed by atoms with Gasteiger partial charge in [-0.25, -0.2) is 0 Å². The van der Waals surface area contributed by atoms with E-state index in [4.69, 9.17) is 0 Å². The van der Waals surface area contributed by atoms with E-state index < -0.39 is 6.10 Å². The van der Waals surface area contributed by atoms with Crippen molar-refractivity contribution in [2.24, 2.45) is 0 Å². The standard InChI is InChI=1S/C25H32N2O3/c28-23(19-20-9-4-3-5-10-20)17-16-22-11-8-13-25(30)27(22)18-7-2-1-6-12-24(29)26-21-14-15-21/h3-5,9-10,16-17,21-23,28H,1,6,8,11-15,18-19H2,(H,26,29)/b17-16+/t22-,23?/m1/s1. The minimum Gasteiger partial charge on any atom is -0.389 e. The normalized spacial score (nSPS) is 20.0. The van der Waals surface area contributed by atoms with Crippen molar-refractivity contribution in [3.8, 4) is 11.8 Å². The third kappa shape index (κ3) is 7.68. The number of aliphatic hydroxyl groups excluding tert-OH is 1. The van der Waals surface area contributed by atoms with Crippen LogP contribution in [0.25, 0.3) is 0 Å². The minimum atomic E-state index is -0.570. The lowest BCUT2D eigenvalue weighted by Gasteiger charge is -2.32. The van der Waals surface area contributed by atoms with E-state index in [1.54, 1.807) is 6.08 Å². The first-order valence-corrected chi connectivity index (χ1v) is 11.1. The Balaban J connectivity index is 1.43. The maximum absolute atomic E-state index is 12.4. The van der Waals surface area contributed by atoms with Gasteiger partial charge in [0.15, 0.2) is 0 Å². The number of carbonyl (C=O) groups excluding carboxylic acids is 2. The molecule has 0 bridgehead atoms. The van der Waals surface area contributed by atoms with Crippen LogP contribution in [0.1, 0.15) is 56.9 Å². The monoisotopic (exact) mass is 408 g/mol. The van der Waals surface area contributed by atoms with Gasteiger partial charge in [0.2, 0.25) is 11.8 Å². The molecule has 2 atom stereocenters. The largest absolute Gasteiger partial charge is 0.389 e. The fourth-order valence-corrected chi connectivity index (χ4v) is 3.63. The highest BCUT2D eigenvalue weighted by Gasteiger charge is 2.25. The van der Waals surface area contributed by atoms with Crippen molar-refractivity contribution in [2.45, 2.75) is 76.0 Å². The van der Waals surface area contributed by atoms with Crippen molar-refractivity contribution in [3.05, 3.63) is 48.0 Å². The lowest BCUT2D eigenvalue weighted by Crippen LogP contribution is -2.42. The molecule has 1 aromatic rings. The molecule has 0 radical (unpaired) electrons. The second kappa shape index (κ2) is 11.6. The summed E-state index contributed by atoms with van der Waals surface area (Å²) in [5, 5.41) is 13.3. The van der Waals surface area contributed by atoms with Crippen molar-refractivity contribution in [3.63, 3.8) is 0 Å². The maximum Gasteiger partial charge on any atom is 0.223 e. The minimum absolute atomic E-state index is 0.0182. The fraction of sp³-hybridized carbons (Fsp3) is 0.520. The second-order valence-corrected chi connectivity index (χ2v) is 8.17. The number of carbonyl (C=O) groups is 2. The molecule has 1 aliphatic heterocycles. The summed E-state index contributed by atoms with van der Waals surface area (Å²) in [5.74, 6) is 6.43. The Morgan fingerprint density at radius 1 is 1.23 bits per heavy atom. The van der Waals surface area contributed by atoms with Crippen LogP contribution >= 0.6 is 0 Å². The van der Waals surface area contributed by atoms with Gasteiger partial charge in [0.05, 0.1) is 18.7 Å². The Labute approximate surface area is 179 Å². The predicted molar refractivity (Wildman–Crippen MR) is 117 cm³/mol. The summed E-state index contributed by atoms with van der Waals surface area (Å²) < 4.78 is 0. The molecule has 160 valence electrons. The summed E-state index contributed by atoms with van der Waals surface area (Å²) in [6.45, 7) is 0.400. The van der Waals surface area contributed by atoms with E-state index >= 15 is 0 Å². The molecule has 1 saturated heterocycles. The molecule has 2 fully saturated rings. The Morgan fingerprint density at radius 3 is 2.80 bits per heavy atom. The highest BCUT2D eigenvalue weighted by molar-refractivity contribution is 5.78. The third-order valence-electron chi connectivity index (χ3n) is 5.48. The lowest BCUT2D eigenvalue weighted by atomic mass is 9.99. The van der Waals surface area contributed by atoms with Gasteiger partial charge in [-0.15, -0.1) is 5.92 Å². The average molecular weight is 409 g/mol. The van der Waals surface area contributed by atoms with Crippen LogP contribution in [-0.2, 0) is 16.0 Å². The van der Waals surface area contributed by atoms with Crippen molar-refractivity contribution in [1.29, 1.82) is 0 Å². The number of nitrogens with zero attached hydrogens (tertiary/aromatic N) is 1. The van der Waals surface area contributed by atoms with Gasteiger partial charge in [-0.3, -0.25) is 9.59 Å². The number of unbranched alkanes of at least 4 members (excludes halogenated alkanes) is 1. The third-order valence-corrected chi connectivity index (χ3v) is 5.48. The number of hydrogen-bond acceptors (Lipinski definition) is 3. The molecule has 1 aromatic carbocycles. The smallest absolute Gasteiger partial charge is 0.223 e. The summed E-state index contributed by atoms with van der Waals surface area (Å²) in [6.07, 6.45) is 10.2. The predicted octanol–water partition coefficient (Wildman–Crippen LogP) is 2.98. The highest BCUT2D eigenvalue weighted by Crippen LogP contribution is 2.20. The van der Waals surface area contributed by atoms with Crippen LogP contribution < -0.4 is 5.32 Å². The summed E-state index contributed by atoms with van der Waals surface area (Å²) in [4.78, 5) is 25.8. The number of amides is 2. The van der Waals surface area contributed by atoms with Gasteiger partial charge in [0, 0.05) is 31.7 Å². The summed E-state index contributed by atoms with van der Waals surface area (Å²) >= 11 is 0. The van der Waals surface area contributed by atoms with Crippen molar-refractivity contribution < 1.29 is 14.7 Å². The van der Waals surface area contributed by atoms with Crippen LogP contribution in [0.4, 0.5) is 0 Å². The van der Waals surface area contributed by atoms with E-state index in [1.165, 1.54) is 0 Å². The Morgan fingerprint density at radius 2 is 2.03 bits per heavy atom. The Hall–Kier alpha value is -2.58. The molecule has 0 aromatic heterocycles. The molecule has 5 heteroatoms. The number of rotatable bonds is 9. The van der Waals surface area contributed by atoms with Crippen LogP contribution in [-0.4, -0.2) is 46.6 Å². The molecule has 2 N–H and O–H groups in total. The molecule has 2 amide bonds. The molecule has 5 nitrogen and oxygen atoms in total. The van der Waals surface area contributed by atoms with E-state index in [2.05, 4.69) is 17.2 Å². The number of aliphatic hydroxyl groups is 1. The van der Waals surface area contributed by atoms with Gasteiger partial charge in [0.25, 0.3) is 0 Å². The first-order chi connectivity index (χ1) is 14.6. The van der Waals surface area contributed by atoms with E-state index in [9.17, 15) is 14.7 Å². The summed E-state index contributed by atoms with van der Waals surface area (Å²) in [6, 6.07) is 10.3. The van der Waals surface area contributed by atoms with E-state index in [-0.39, 0.29) is 17.9 Å². The summed E-state index contributed by atoms with van der Waals surface area (Å²) in [7, 11) is 0. The highest BCUT2D eigenvalue weighted by atomic mass is 16.3. The van der Waals surface area contributed by atoms with Crippen LogP contribution in [0.3, 0.4) is 0 Å². The first-order valence-electron chi connectivity index (χ1n) is 11.1. The van der Waals surface area contributed by atoms with Gasteiger partial charge in [-0.2, -0.15) is 0 Å². The molecule has 1 heterocycles. The lowest BCUT2D eigenvalue weighted by molar-refractivity contribution is -0.134. The van der Waals surface area contributed by atoms with Crippen LogP contribution in [0.5, 0.6) is 0 Å². The van der Waals surface area contributed by atoms with E-state index in [1.807, 2.05) is 41.3 Å². The second-order valence-electron chi connectivity index (χ2n) is 8.17. The molecular weight excluding hydrogens is 376 g/mol. The van der Waals surface area contributed by atoms with Crippen LogP contribution in [0.15, 0.2) is 42.5 Å². The Kier molecular flexibility index (Phi) is 8.53. The summed E-state index contributed by atoms with van der Waals surface area (Å²) in [5.41, 5.74) is 1.09. The zero-order valence-electron chi connectivity index (χ0n) is 17.6. The van der Waals surface area contributed by atoms with Crippen molar-refractivity contribution in [2.75, 3.05) is 6.54 Å².